The first-order chi connectivity index (χ1) is 9.85. The molecule has 1 amide bonds. The van der Waals surface area contributed by atoms with Gasteiger partial charge in [0.1, 0.15) is 5.60 Å². The number of amides is 1. The fraction of sp³-hybridized carbons (Fsp3) is 0.625. The molecule has 0 bridgehead atoms. The Hall–Kier alpha value is -1.62. The first-order valence-electron chi connectivity index (χ1n) is 7.40. The van der Waals surface area contributed by atoms with Crippen LogP contribution in [0, 0.1) is 5.92 Å². The first-order valence-corrected chi connectivity index (χ1v) is 7.40. The number of aliphatic hydroxyl groups excluding tert-OH is 1. The molecule has 1 aliphatic rings. The molecule has 2 heterocycles. The summed E-state index contributed by atoms with van der Waals surface area (Å²) in [5, 5.41) is 10.3. The lowest BCUT2D eigenvalue weighted by atomic mass is 9.88. The molecule has 5 nitrogen and oxygen atoms in total. The fourth-order valence-corrected chi connectivity index (χ4v) is 2.53. The summed E-state index contributed by atoms with van der Waals surface area (Å²) in [7, 11) is 0. The highest BCUT2D eigenvalue weighted by Crippen LogP contribution is 2.23. The summed E-state index contributed by atoms with van der Waals surface area (Å²) < 4.78 is 5.35. The van der Waals surface area contributed by atoms with Crippen molar-refractivity contribution in [1.82, 2.24) is 9.88 Å². The Bertz CT molecular complexity index is 470. The Morgan fingerprint density at radius 3 is 2.67 bits per heavy atom. The quantitative estimate of drug-likeness (QED) is 0.908. The maximum atomic E-state index is 12.0. The lowest BCUT2D eigenvalue weighted by molar-refractivity contribution is -0.0125. The summed E-state index contributed by atoms with van der Waals surface area (Å²) in [4.78, 5) is 17.6. The molecule has 1 saturated heterocycles. The lowest BCUT2D eigenvalue weighted by Gasteiger charge is -2.36. The van der Waals surface area contributed by atoms with Gasteiger partial charge in [-0.15, -0.1) is 0 Å². The molecule has 1 aromatic heterocycles. The summed E-state index contributed by atoms with van der Waals surface area (Å²) in [6.07, 6.45) is 4.26. The van der Waals surface area contributed by atoms with E-state index in [1.54, 1.807) is 17.3 Å². The summed E-state index contributed by atoms with van der Waals surface area (Å²) in [5.74, 6) is 0.172. The van der Waals surface area contributed by atoms with Crippen LogP contribution in [-0.4, -0.2) is 45.9 Å². The van der Waals surface area contributed by atoms with Crippen LogP contribution in [0.2, 0.25) is 0 Å². The molecule has 0 saturated carbocycles. The number of aromatic nitrogens is 1. The largest absolute Gasteiger partial charge is 0.444 e. The van der Waals surface area contributed by atoms with Crippen molar-refractivity contribution in [2.75, 3.05) is 13.1 Å². The smallest absolute Gasteiger partial charge is 0.410 e. The highest BCUT2D eigenvalue weighted by atomic mass is 16.6. The van der Waals surface area contributed by atoms with E-state index in [1.807, 2.05) is 32.9 Å². The van der Waals surface area contributed by atoms with E-state index in [0.29, 0.717) is 13.1 Å². The molecule has 0 radical (unpaired) electrons. The normalized spacial score (nSPS) is 23.0. The third-order valence-corrected chi connectivity index (χ3v) is 3.62. The van der Waals surface area contributed by atoms with E-state index in [0.717, 1.165) is 12.8 Å². The van der Waals surface area contributed by atoms with Crippen LogP contribution in [0.1, 0.15) is 32.8 Å². The van der Waals surface area contributed by atoms with Crippen molar-refractivity contribution in [2.45, 2.75) is 45.3 Å². The zero-order chi connectivity index (χ0) is 15.5. The van der Waals surface area contributed by atoms with Gasteiger partial charge in [0.2, 0.25) is 0 Å². The molecular formula is C16H24N2O3. The topological polar surface area (TPSA) is 62.7 Å². The Kier molecular flexibility index (Phi) is 4.83. The van der Waals surface area contributed by atoms with E-state index in [4.69, 9.17) is 4.74 Å². The van der Waals surface area contributed by atoms with Gasteiger partial charge >= 0.3 is 6.09 Å². The summed E-state index contributed by atoms with van der Waals surface area (Å²) in [6.45, 7) is 6.50. The van der Waals surface area contributed by atoms with Crippen molar-refractivity contribution in [2.24, 2.45) is 5.92 Å². The standard InChI is InChI=1S/C16H24N2O3/c1-16(2,3)21-15(20)18-9-6-13(14(19)11-18)10-12-4-7-17-8-5-12/h4-5,7-8,13-14,19H,6,9-11H2,1-3H3. The van der Waals surface area contributed by atoms with Gasteiger partial charge in [0.15, 0.2) is 0 Å². The zero-order valence-corrected chi connectivity index (χ0v) is 13.0. The highest BCUT2D eigenvalue weighted by molar-refractivity contribution is 5.68. The van der Waals surface area contributed by atoms with Crippen molar-refractivity contribution in [3.05, 3.63) is 30.1 Å². The lowest BCUT2D eigenvalue weighted by Crippen LogP contribution is -2.48. The van der Waals surface area contributed by atoms with E-state index >= 15 is 0 Å². The summed E-state index contributed by atoms with van der Waals surface area (Å²) >= 11 is 0. The van der Waals surface area contributed by atoms with Gasteiger partial charge in [0, 0.05) is 18.9 Å². The van der Waals surface area contributed by atoms with Crippen LogP contribution >= 0.6 is 0 Å². The third-order valence-electron chi connectivity index (χ3n) is 3.62. The van der Waals surface area contributed by atoms with Gasteiger partial charge in [-0.1, -0.05) is 0 Å². The van der Waals surface area contributed by atoms with Gasteiger partial charge in [-0.05, 0) is 57.2 Å². The van der Waals surface area contributed by atoms with Crippen LogP contribution in [0.5, 0.6) is 0 Å². The first kappa shape index (κ1) is 15.8. The molecule has 1 aromatic rings. The second-order valence-corrected chi connectivity index (χ2v) is 6.60. The number of β-amino-alcohol motifs (C(OH)–C–C–N with tert-alkyl or cyclic N) is 1. The van der Waals surface area contributed by atoms with Crippen molar-refractivity contribution in [1.29, 1.82) is 0 Å². The molecule has 1 N–H and O–H groups in total. The number of rotatable bonds is 2. The van der Waals surface area contributed by atoms with E-state index in [9.17, 15) is 9.90 Å². The maximum absolute atomic E-state index is 12.0. The van der Waals surface area contributed by atoms with Gasteiger partial charge in [-0.25, -0.2) is 4.79 Å². The molecule has 2 unspecified atom stereocenters. The molecule has 5 heteroatoms. The summed E-state index contributed by atoms with van der Waals surface area (Å²) in [6, 6.07) is 3.93. The van der Waals surface area contributed by atoms with Crippen LogP contribution in [0.15, 0.2) is 24.5 Å². The minimum Gasteiger partial charge on any atom is -0.444 e. The molecule has 2 rings (SSSR count). The molecule has 0 aliphatic carbocycles. The number of aliphatic hydroxyl groups is 1. The molecule has 0 spiro atoms. The van der Waals surface area contributed by atoms with Crippen LogP contribution < -0.4 is 0 Å². The van der Waals surface area contributed by atoms with Gasteiger partial charge in [0.05, 0.1) is 12.6 Å². The number of carbonyl (C=O) groups is 1. The Labute approximate surface area is 125 Å². The Balaban J connectivity index is 1.89. The number of ether oxygens (including phenoxy) is 1. The van der Waals surface area contributed by atoms with Crippen LogP contribution in [0.3, 0.4) is 0 Å². The van der Waals surface area contributed by atoms with Crippen LogP contribution in [-0.2, 0) is 11.2 Å². The number of nitrogens with zero attached hydrogens (tertiary/aromatic N) is 2. The van der Waals surface area contributed by atoms with E-state index in [1.165, 1.54) is 5.56 Å². The van der Waals surface area contributed by atoms with Gasteiger partial charge in [-0.3, -0.25) is 4.98 Å². The summed E-state index contributed by atoms with van der Waals surface area (Å²) in [5.41, 5.74) is 0.662. The molecular weight excluding hydrogens is 268 g/mol. The highest BCUT2D eigenvalue weighted by Gasteiger charge is 2.32. The number of pyridine rings is 1. The van der Waals surface area contributed by atoms with E-state index in [2.05, 4.69) is 4.98 Å². The molecule has 116 valence electrons. The molecule has 2 atom stereocenters. The predicted octanol–water partition coefficient (Wildman–Crippen LogP) is 2.24. The number of hydrogen-bond acceptors (Lipinski definition) is 4. The van der Waals surface area contributed by atoms with Crippen molar-refractivity contribution < 1.29 is 14.6 Å². The average molecular weight is 292 g/mol. The van der Waals surface area contributed by atoms with E-state index < -0.39 is 11.7 Å². The maximum Gasteiger partial charge on any atom is 0.410 e. The second-order valence-electron chi connectivity index (χ2n) is 6.60. The average Bonchev–Trinajstić information content (AvgIpc) is 2.40. The van der Waals surface area contributed by atoms with Gasteiger partial charge in [-0.2, -0.15) is 0 Å². The Morgan fingerprint density at radius 1 is 1.43 bits per heavy atom. The van der Waals surface area contributed by atoms with Gasteiger partial charge < -0.3 is 14.7 Å². The molecule has 1 aliphatic heterocycles. The number of carbonyl (C=O) groups excluding carboxylic acids is 1. The number of piperidine rings is 1. The molecule has 1 fully saturated rings. The van der Waals surface area contributed by atoms with Crippen molar-refractivity contribution >= 4 is 6.09 Å². The van der Waals surface area contributed by atoms with Crippen LogP contribution in [0.4, 0.5) is 4.79 Å². The third kappa shape index (κ3) is 4.70. The van der Waals surface area contributed by atoms with E-state index in [-0.39, 0.29) is 12.0 Å². The molecule has 0 aromatic carbocycles. The van der Waals surface area contributed by atoms with Crippen LogP contribution in [0.25, 0.3) is 0 Å². The second kappa shape index (κ2) is 6.43. The Morgan fingerprint density at radius 2 is 2.10 bits per heavy atom. The minimum absolute atomic E-state index is 0.172. The van der Waals surface area contributed by atoms with Crippen molar-refractivity contribution in [3.8, 4) is 0 Å². The van der Waals surface area contributed by atoms with Crippen molar-refractivity contribution in [3.63, 3.8) is 0 Å². The zero-order valence-electron chi connectivity index (χ0n) is 13.0. The van der Waals surface area contributed by atoms with Gasteiger partial charge in [0.25, 0.3) is 0 Å². The number of likely N-dealkylation sites (tertiary alicyclic amines) is 1. The predicted molar refractivity (Wildman–Crippen MR) is 79.9 cm³/mol. The molecule has 21 heavy (non-hydrogen) atoms. The fourth-order valence-electron chi connectivity index (χ4n) is 2.53. The SMILES string of the molecule is CC(C)(C)OC(=O)N1CCC(Cc2ccncc2)C(O)C1. The number of hydrogen-bond donors (Lipinski definition) is 1. The monoisotopic (exact) mass is 292 g/mol. The minimum atomic E-state index is -0.514.